The molecule has 0 atom stereocenters. The fourth-order valence-corrected chi connectivity index (χ4v) is 3.19. The molecule has 4 rings (SSSR count). The average molecular weight is 299 g/mol. The Morgan fingerprint density at radius 2 is 2.14 bits per heavy atom. The van der Waals surface area contributed by atoms with Crippen LogP contribution in [0.1, 0.15) is 16.8 Å². The highest BCUT2D eigenvalue weighted by atomic mass is 19.1. The third-order valence-electron chi connectivity index (χ3n) is 4.23. The van der Waals surface area contributed by atoms with Crippen molar-refractivity contribution in [3.8, 4) is 0 Å². The van der Waals surface area contributed by atoms with E-state index in [0.29, 0.717) is 12.1 Å². The van der Waals surface area contributed by atoms with Gasteiger partial charge in [-0.25, -0.2) is 13.8 Å². The minimum absolute atomic E-state index is 0.358. The number of nitrogens with one attached hydrogen (secondary N) is 1. The van der Waals surface area contributed by atoms with Crippen molar-refractivity contribution in [3.05, 3.63) is 65.0 Å². The van der Waals surface area contributed by atoms with Gasteiger partial charge < -0.3 is 9.88 Å². The summed E-state index contributed by atoms with van der Waals surface area (Å²) < 4.78 is 29.1. The summed E-state index contributed by atoms with van der Waals surface area (Å²) in [7, 11) is 0. The van der Waals surface area contributed by atoms with Crippen LogP contribution in [0.4, 0.5) is 8.78 Å². The molecule has 5 heteroatoms. The fraction of sp³-hybridized carbons (Fsp3) is 0.235. The van der Waals surface area contributed by atoms with Gasteiger partial charge in [0.2, 0.25) is 0 Å². The monoisotopic (exact) mass is 299 g/mol. The molecule has 1 aliphatic rings. The number of hydrogen-bond donors (Lipinski definition) is 1. The van der Waals surface area contributed by atoms with E-state index in [1.807, 2.05) is 10.6 Å². The van der Waals surface area contributed by atoms with Crippen molar-refractivity contribution < 1.29 is 8.78 Å². The topological polar surface area (TPSA) is 29.9 Å². The number of benzene rings is 1. The van der Waals surface area contributed by atoms with Crippen LogP contribution in [0.2, 0.25) is 0 Å². The van der Waals surface area contributed by atoms with Crippen LogP contribution in [0.5, 0.6) is 0 Å². The van der Waals surface area contributed by atoms with Crippen molar-refractivity contribution in [2.75, 3.05) is 6.54 Å². The lowest BCUT2D eigenvalue weighted by molar-refractivity contribution is 0.558. The van der Waals surface area contributed by atoms with Crippen LogP contribution in [0.25, 0.3) is 11.0 Å². The summed E-state index contributed by atoms with van der Waals surface area (Å²) in [5.41, 5.74) is 3.75. The smallest absolute Gasteiger partial charge is 0.140 e. The molecular weight excluding hydrogens is 284 g/mol. The first kappa shape index (κ1) is 13.4. The van der Waals surface area contributed by atoms with Gasteiger partial charge in [-0.15, -0.1) is 0 Å². The molecule has 112 valence electrons. The van der Waals surface area contributed by atoms with Crippen LogP contribution >= 0.6 is 0 Å². The van der Waals surface area contributed by atoms with Gasteiger partial charge in [0.1, 0.15) is 17.3 Å². The second-order valence-electron chi connectivity index (χ2n) is 5.55. The Balaban J connectivity index is 1.87. The van der Waals surface area contributed by atoms with Crippen LogP contribution in [-0.4, -0.2) is 16.1 Å². The number of aromatic nitrogens is 2. The molecule has 0 spiro atoms. The molecule has 0 unspecified atom stereocenters. The largest absolute Gasteiger partial charge is 0.324 e. The lowest BCUT2D eigenvalue weighted by atomic mass is 10.1. The van der Waals surface area contributed by atoms with Crippen LogP contribution in [-0.2, 0) is 19.5 Å². The van der Waals surface area contributed by atoms with E-state index >= 15 is 0 Å². The van der Waals surface area contributed by atoms with Gasteiger partial charge in [0.15, 0.2) is 0 Å². The summed E-state index contributed by atoms with van der Waals surface area (Å²) in [6.07, 6.45) is 2.69. The minimum Gasteiger partial charge on any atom is -0.324 e. The second-order valence-corrected chi connectivity index (χ2v) is 5.55. The van der Waals surface area contributed by atoms with E-state index in [-0.39, 0.29) is 0 Å². The van der Waals surface area contributed by atoms with Gasteiger partial charge in [-0.1, -0.05) is 6.07 Å². The molecule has 1 aliphatic heterocycles. The zero-order valence-corrected chi connectivity index (χ0v) is 11.9. The molecule has 3 aromatic rings. The summed E-state index contributed by atoms with van der Waals surface area (Å²) in [5, 5.41) is 4.48. The van der Waals surface area contributed by atoms with Crippen molar-refractivity contribution >= 4 is 11.0 Å². The van der Waals surface area contributed by atoms with Crippen molar-refractivity contribution in [2.24, 2.45) is 0 Å². The molecule has 0 radical (unpaired) electrons. The van der Waals surface area contributed by atoms with Crippen molar-refractivity contribution in [1.29, 1.82) is 0 Å². The maximum absolute atomic E-state index is 14.0. The molecular formula is C17H15F2N3. The summed E-state index contributed by atoms with van der Waals surface area (Å²) in [4.78, 5) is 4.47. The Kier molecular flexibility index (Phi) is 3.15. The van der Waals surface area contributed by atoms with Crippen LogP contribution < -0.4 is 5.32 Å². The standard InChI is InChI=1S/C17H15F2N3/c18-12-4-3-11(15(19)8-12)10-22-16-9-20-7-5-13(16)14-2-1-6-21-17(14)22/h1-4,6,8,20H,5,7,9-10H2. The van der Waals surface area contributed by atoms with Crippen molar-refractivity contribution in [2.45, 2.75) is 19.5 Å². The van der Waals surface area contributed by atoms with E-state index in [1.54, 1.807) is 6.20 Å². The molecule has 0 saturated heterocycles. The van der Waals surface area contributed by atoms with E-state index in [4.69, 9.17) is 0 Å². The molecule has 22 heavy (non-hydrogen) atoms. The molecule has 2 aromatic heterocycles. The van der Waals surface area contributed by atoms with Gasteiger partial charge in [-0.05, 0) is 36.7 Å². The zero-order valence-electron chi connectivity index (χ0n) is 11.9. The molecule has 0 amide bonds. The minimum atomic E-state index is -0.555. The average Bonchev–Trinajstić information content (AvgIpc) is 2.85. The van der Waals surface area contributed by atoms with Gasteiger partial charge in [-0.3, -0.25) is 0 Å². The first-order valence-electron chi connectivity index (χ1n) is 7.33. The maximum Gasteiger partial charge on any atom is 0.140 e. The lowest BCUT2D eigenvalue weighted by Crippen LogP contribution is -2.25. The summed E-state index contributed by atoms with van der Waals surface area (Å²) in [6, 6.07) is 7.71. The quantitative estimate of drug-likeness (QED) is 0.788. The first-order valence-corrected chi connectivity index (χ1v) is 7.33. The molecule has 1 N–H and O–H groups in total. The molecule has 0 aliphatic carbocycles. The molecule has 3 nitrogen and oxygen atoms in total. The Labute approximate surface area is 126 Å². The molecule has 0 bridgehead atoms. The lowest BCUT2D eigenvalue weighted by Gasteiger charge is -2.17. The highest BCUT2D eigenvalue weighted by Crippen LogP contribution is 2.28. The van der Waals surface area contributed by atoms with E-state index < -0.39 is 11.6 Å². The van der Waals surface area contributed by atoms with Gasteiger partial charge >= 0.3 is 0 Å². The fourth-order valence-electron chi connectivity index (χ4n) is 3.19. The van der Waals surface area contributed by atoms with E-state index in [1.165, 1.54) is 17.7 Å². The van der Waals surface area contributed by atoms with Crippen LogP contribution in [0.15, 0.2) is 36.5 Å². The number of rotatable bonds is 2. The summed E-state index contributed by atoms with van der Waals surface area (Å²) in [5.74, 6) is -1.07. The summed E-state index contributed by atoms with van der Waals surface area (Å²) in [6.45, 7) is 2.04. The third-order valence-corrected chi connectivity index (χ3v) is 4.23. The van der Waals surface area contributed by atoms with Crippen molar-refractivity contribution in [3.63, 3.8) is 0 Å². The first-order chi connectivity index (χ1) is 10.7. The van der Waals surface area contributed by atoms with E-state index in [0.717, 1.165) is 42.3 Å². The van der Waals surface area contributed by atoms with Gasteiger partial charge in [0.05, 0.1) is 6.54 Å². The molecule has 1 aromatic carbocycles. The summed E-state index contributed by atoms with van der Waals surface area (Å²) >= 11 is 0. The molecule has 3 heterocycles. The van der Waals surface area contributed by atoms with Gasteiger partial charge in [0, 0.05) is 35.5 Å². The number of fused-ring (bicyclic) bond motifs is 3. The number of pyridine rings is 1. The van der Waals surface area contributed by atoms with Gasteiger partial charge in [-0.2, -0.15) is 0 Å². The van der Waals surface area contributed by atoms with Crippen molar-refractivity contribution in [1.82, 2.24) is 14.9 Å². The Morgan fingerprint density at radius 3 is 3.00 bits per heavy atom. The van der Waals surface area contributed by atoms with E-state index in [9.17, 15) is 8.78 Å². The number of hydrogen-bond acceptors (Lipinski definition) is 2. The van der Waals surface area contributed by atoms with Gasteiger partial charge in [0.25, 0.3) is 0 Å². The number of halogens is 2. The number of nitrogens with zero attached hydrogens (tertiary/aromatic N) is 2. The van der Waals surface area contributed by atoms with Crippen LogP contribution in [0.3, 0.4) is 0 Å². The highest BCUT2D eigenvalue weighted by Gasteiger charge is 2.21. The predicted octanol–water partition coefficient (Wildman–Crippen LogP) is 3.01. The second kappa shape index (κ2) is 5.18. The zero-order chi connectivity index (χ0) is 15.1. The maximum atomic E-state index is 14.0. The highest BCUT2D eigenvalue weighted by molar-refractivity contribution is 5.82. The normalized spacial score (nSPS) is 14.3. The Hall–Kier alpha value is -2.27. The van der Waals surface area contributed by atoms with E-state index in [2.05, 4.69) is 16.4 Å². The van der Waals surface area contributed by atoms with Crippen LogP contribution in [0, 0.1) is 11.6 Å². The molecule has 0 fully saturated rings. The predicted molar refractivity (Wildman–Crippen MR) is 80.6 cm³/mol. The Bertz CT molecular complexity index is 854. The molecule has 0 saturated carbocycles. The Morgan fingerprint density at radius 1 is 1.23 bits per heavy atom. The third kappa shape index (κ3) is 2.09. The SMILES string of the molecule is Fc1ccc(Cn2c3c(c4cccnc42)CCNC3)c(F)c1.